The summed E-state index contributed by atoms with van der Waals surface area (Å²) in [6, 6.07) is 9.43. The van der Waals surface area contributed by atoms with Crippen LogP contribution >= 0.6 is 0 Å². The quantitative estimate of drug-likeness (QED) is 0.796. The SMILES string of the molecule is CCCNC(=O)CN(Cc1ccc(C(C)C)cc1)C1CC1. The summed E-state index contributed by atoms with van der Waals surface area (Å²) < 4.78 is 0. The first-order valence-corrected chi connectivity index (χ1v) is 8.19. The molecule has 0 saturated heterocycles. The Bertz CT molecular complexity index is 449. The van der Waals surface area contributed by atoms with E-state index in [0.717, 1.165) is 19.5 Å². The van der Waals surface area contributed by atoms with Gasteiger partial charge in [0.25, 0.3) is 0 Å². The van der Waals surface area contributed by atoms with E-state index in [4.69, 9.17) is 0 Å². The van der Waals surface area contributed by atoms with Crippen molar-refractivity contribution in [3.8, 4) is 0 Å². The van der Waals surface area contributed by atoms with E-state index >= 15 is 0 Å². The van der Waals surface area contributed by atoms with Crippen LogP contribution in [0.4, 0.5) is 0 Å². The molecule has 21 heavy (non-hydrogen) atoms. The molecule has 0 bridgehead atoms. The molecule has 3 nitrogen and oxygen atoms in total. The molecule has 1 amide bonds. The highest BCUT2D eigenvalue weighted by Crippen LogP contribution is 2.28. The highest BCUT2D eigenvalue weighted by atomic mass is 16.2. The Labute approximate surface area is 128 Å². The van der Waals surface area contributed by atoms with Gasteiger partial charge in [-0.2, -0.15) is 0 Å². The number of rotatable bonds is 8. The second-order valence-electron chi connectivity index (χ2n) is 6.38. The van der Waals surface area contributed by atoms with Gasteiger partial charge in [0.05, 0.1) is 6.54 Å². The topological polar surface area (TPSA) is 32.3 Å². The molecule has 0 atom stereocenters. The molecule has 1 aliphatic rings. The molecule has 1 N–H and O–H groups in total. The minimum atomic E-state index is 0.155. The third-order valence-corrected chi connectivity index (χ3v) is 4.01. The number of nitrogens with one attached hydrogen (secondary N) is 1. The lowest BCUT2D eigenvalue weighted by Crippen LogP contribution is -2.38. The largest absolute Gasteiger partial charge is 0.355 e. The average molecular weight is 288 g/mol. The number of hydrogen-bond donors (Lipinski definition) is 1. The van der Waals surface area contributed by atoms with Gasteiger partial charge in [-0.25, -0.2) is 0 Å². The fourth-order valence-electron chi connectivity index (χ4n) is 2.50. The minimum absolute atomic E-state index is 0.155. The lowest BCUT2D eigenvalue weighted by molar-refractivity contribution is -0.122. The molecule has 116 valence electrons. The monoisotopic (exact) mass is 288 g/mol. The molecule has 0 heterocycles. The molecule has 2 rings (SSSR count). The molecule has 0 radical (unpaired) electrons. The van der Waals surface area contributed by atoms with Gasteiger partial charge in [-0.1, -0.05) is 45.0 Å². The van der Waals surface area contributed by atoms with Crippen LogP contribution in [0.5, 0.6) is 0 Å². The summed E-state index contributed by atoms with van der Waals surface area (Å²) in [5.74, 6) is 0.723. The van der Waals surface area contributed by atoms with Crippen molar-refractivity contribution in [2.45, 2.75) is 58.5 Å². The molecule has 0 spiro atoms. The molecule has 1 aromatic rings. The molecule has 1 aliphatic carbocycles. The molecule has 0 unspecified atom stereocenters. The molecular weight excluding hydrogens is 260 g/mol. The van der Waals surface area contributed by atoms with Gasteiger partial charge in [-0.3, -0.25) is 9.69 Å². The molecule has 1 aromatic carbocycles. The van der Waals surface area contributed by atoms with E-state index in [2.05, 4.69) is 55.3 Å². The van der Waals surface area contributed by atoms with Crippen LogP contribution in [0, 0.1) is 0 Å². The standard InChI is InChI=1S/C18H28N2O/c1-4-11-19-18(21)13-20(17-9-10-17)12-15-5-7-16(8-6-15)14(2)3/h5-8,14,17H,4,9-13H2,1-3H3,(H,19,21). The molecule has 1 saturated carbocycles. The van der Waals surface area contributed by atoms with Gasteiger partial charge in [0.15, 0.2) is 0 Å². The highest BCUT2D eigenvalue weighted by molar-refractivity contribution is 5.78. The smallest absolute Gasteiger partial charge is 0.234 e. The van der Waals surface area contributed by atoms with Gasteiger partial charge < -0.3 is 5.32 Å². The highest BCUT2D eigenvalue weighted by Gasteiger charge is 2.30. The van der Waals surface area contributed by atoms with Crippen LogP contribution in [-0.4, -0.2) is 29.9 Å². The van der Waals surface area contributed by atoms with Crippen LogP contribution in [0.1, 0.15) is 57.1 Å². The zero-order valence-electron chi connectivity index (χ0n) is 13.6. The van der Waals surface area contributed by atoms with E-state index in [9.17, 15) is 4.79 Å². The van der Waals surface area contributed by atoms with Crippen molar-refractivity contribution in [3.05, 3.63) is 35.4 Å². The van der Waals surface area contributed by atoms with Crippen molar-refractivity contribution in [3.63, 3.8) is 0 Å². The van der Waals surface area contributed by atoms with Crippen LogP contribution in [0.2, 0.25) is 0 Å². The van der Waals surface area contributed by atoms with E-state index in [1.165, 1.54) is 24.0 Å². The maximum atomic E-state index is 11.9. The molecule has 0 aromatic heterocycles. The van der Waals surface area contributed by atoms with Crippen molar-refractivity contribution in [1.82, 2.24) is 10.2 Å². The van der Waals surface area contributed by atoms with Crippen molar-refractivity contribution < 1.29 is 4.79 Å². The maximum absolute atomic E-state index is 11.9. The fraction of sp³-hybridized carbons (Fsp3) is 0.611. The van der Waals surface area contributed by atoms with Crippen molar-refractivity contribution >= 4 is 5.91 Å². The Balaban J connectivity index is 1.91. The zero-order chi connectivity index (χ0) is 15.2. The van der Waals surface area contributed by atoms with Crippen LogP contribution in [0.25, 0.3) is 0 Å². The van der Waals surface area contributed by atoms with Crippen molar-refractivity contribution in [1.29, 1.82) is 0 Å². The number of amides is 1. The molecule has 1 fully saturated rings. The first-order valence-electron chi connectivity index (χ1n) is 8.19. The second-order valence-corrected chi connectivity index (χ2v) is 6.38. The van der Waals surface area contributed by atoms with Crippen molar-refractivity contribution in [2.75, 3.05) is 13.1 Å². The number of carbonyl (C=O) groups is 1. The lowest BCUT2D eigenvalue weighted by atomic mass is 10.0. The van der Waals surface area contributed by atoms with Gasteiger partial charge >= 0.3 is 0 Å². The molecule has 0 aliphatic heterocycles. The van der Waals surface area contributed by atoms with Gasteiger partial charge in [0, 0.05) is 19.1 Å². The van der Waals surface area contributed by atoms with Gasteiger partial charge in [-0.15, -0.1) is 0 Å². The van der Waals surface area contributed by atoms with Crippen molar-refractivity contribution in [2.24, 2.45) is 0 Å². The van der Waals surface area contributed by atoms with Gasteiger partial charge in [-0.05, 0) is 36.3 Å². The first kappa shape index (κ1) is 16.0. The summed E-state index contributed by atoms with van der Waals surface area (Å²) >= 11 is 0. The fourth-order valence-corrected chi connectivity index (χ4v) is 2.50. The number of nitrogens with zero attached hydrogens (tertiary/aromatic N) is 1. The van der Waals surface area contributed by atoms with E-state index in [-0.39, 0.29) is 5.91 Å². The third-order valence-electron chi connectivity index (χ3n) is 4.01. The van der Waals surface area contributed by atoms with Crippen LogP contribution in [0.3, 0.4) is 0 Å². The zero-order valence-corrected chi connectivity index (χ0v) is 13.6. The summed E-state index contributed by atoms with van der Waals surface area (Å²) in [6.07, 6.45) is 3.45. The Morgan fingerprint density at radius 2 is 1.95 bits per heavy atom. The van der Waals surface area contributed by atoms with Crippen LogP contribution < -0.4 is 5.32 Å². The maximum Gasteiger partial charge on any atom is 0.234 e. The Morgan fingerprint density at radius 1 is 1.29 bits per heavy atom. The number of carbonyl (C=O) groups excluding carboxylic acids is 1. The van der Waals surface area contributed by atoms with E-state index in [1.54, 1.807) is 0 Å². The summed E-state index contributed by atoms with van der Waals surface area (Å²) in [7, 11) is 0. The van der Waals surface area contributed by atoms with Crippen LogP contribution in [-0.2, 0) is 11.3 Å². The van der Waals surface area contributed by atoms with E-state index in [0.29, 0.717) is 18.5 Å². The summed E-state index contributed by atoms with van der Waals surface area (Å²) in [5, 5.41) is 2.97. The summed E-state index contributed by atoms with van der Waals surface area (Å²) in [5.41, 5.74) is 2.67. The number of hydrogen-bond acceptors (Lipinski definition) is 2. The van der Waals surface area contributed by atoms with E-state index in [1.807, 2.05) is 0 Å². The third kappa shape index (κ3) is 5.16. The van der Waals surface area contributed by atoms with Crippen LogP contribution in [0.15, 0.2) is 24.3 Å². The normalized spacial score (nSPS) is 14.7. The average Bonchev–Trinajstić information content (AvgIpc) is 3.29. The number of benzene rings is 1. The predicted molar refractivity (Wildman–Crippen MR) is 87.3 cm³/mol. The molecule has 3 heteroatoms. The van der Waals surface area contributed by atoms with E-state index < -0.39 is 0 Å². The second kappa shape index (κ2) is 7.60. The van der Waals surface area contributed by atoms with Gasteiger partial charge in [0.1, 0.15) is 0 Å². The predicted octanol–water partition coefficient (Wildman–Crippen LogP) is 3.30. The summed E-state index contributed by atoms with van der Waals surface area (Å²) in [6.45, 7) is 8.68. The minimum Gasteiger partial charge on any atom is -0.355 e. The van der Waals surface area contributed by atoms with Gasteiger partial charge in [0.2, 0.25) is 5.91 Å². The Hall–Kier alpha value is -1.35. The Morgan fingerprint density at radius 3 is 2.48 bits per heavy atom. The molecular formula is C18H28N2O. The Kier molecular flexibility index (Phi) is 5.80. The lowest BCUT2D eigenvalue weighted by Gasteiger charge is -2.21. The summed E-state index contributed by atoms with van der Waals surface area (Å²) in [4.78, 5) is 14.2. The first-order chi connectivity index (χ1) is 10.1.